The van der Waals surface area contributed by atoms with Crippen LogP contribution in [0.25, 0.3) is 0 Å². The van der Waals surface area contributed by atoms with Gasteiger partial charge in [-0.15, -0.1) is 12.3 Å². The van der Waals surface area contributed by atoms with Gasteiger partial charge >= 0.3 is 0 Å². The summed E-state index contributed by atoms with van der Waals surface area (Å²) in [6.45, 7) is 3.86. The molecule has 0 unspecified atom stereocenters. The summed E-state index contributed by atoms with van der Waals surface area (Å²) in [4.78, 5) is 16.4. The number of phenolic OH excluding ortho intramolecular Hbond substituents is 1. The highest BCUT2D eigenvalue weighted by Crippen LogP contribution is 2.24. The zero-order valence-corrected chi connectivity index (χ0v) is 12.8. The Hall–Kier alpha value is -1.51. The van der Waals surface area contributed by atoms with Gasteiger partial charge < -0.3 is 10.0 Å². The van der Waals surface area contributed by atoms with E-state index >= 15 is 0 Å². The Morgan fingerprint density at radius 3 is 2.65 bits per heavy atom. The predicted molar refractivity (Wildman–Crippen MR) is 81.6 cm³/mol. The van der Waals surface area contributed by atoms with Gasteiger partial charge in [0.15, 0.2) is 0 Å². The van der Waals surface area contributed by atoms with E-state index in [4.69, 9.17) is 6.42 Å². The van der Waals surface area contributed by atoms with Crippen molar-refractivity contribution in [2.24, 2.45) is 0 Å². The topological polar surface area (TPSA) is 43.8 Å². The van der Waals surface area contributed by atoms with Gasteiger partial charge in [0.05, 0.1) is 5.56 Å². The van der Waals surface area contributed by atoms with Crippen molar-refractivity contribution in [3.8, 4) is 18.1 Å². The maximum Gasteiger partial charge on any atom is 0.257 e. The van der Waals surface area contributed by atoms with Gasteiger partial charge in [-0.05, 0) is 18.2 Å². The minimum Gasteiger partial charge on any atom is -0.507 e. The Bertz CT molecular complexity index is 531. The van der Waals surface area contributed by atoms with Gasteiger partial charge in [0.2, 0.25) is 0 Å². The van der Waals surface area contributed by atoms with Crippen LogP contribution in [0.4, 0.5) is 0 Å². The molecule has 20 heavy (non-hydrogen) atoms. The van der Waals surface area contributed by atoms with Gasteiger partial charge in [0, 0.05) is 43.6 Å². The first-order valence-electron chi connectivity index (χ1n) is 6.55. The fourth-order valence-corrected chi connectivity index (χ4v) is 2.60. The lowest BCUT2D eigenvalue weighted by Gasteiger charge is -2.34. The summed E-state index contributed by atoms with van der Waals surface area (Å²) in [7, 11) is 0. The quantitative estimate of drug-likeness (QED) is 0.858. The molecule has 5 heteroatoms. The summed E-state index contributed by atoms with van der Waals surface area (Å²) in [5, 5.41) is 9.85. The monoisotopic (exact) mass is 336 g/mol. The molecule has 1 fully saturated rings. The van der Waals surface area contributed by atoms with E-state index in [1.165, 1.54) is 6.07 Å². The van der Waals surface area contributed by atoms with E-state index in [2.05, 4.69) is 26.8 Å². The second-order valence-corrected chi connectivity index (χ2v) is 5.67. The Balaban J connectivity index is 1.96. The average Bonchev–Trinajstić information content (AvgIpc) is 2.45. The molecule has 0 aromatic heterocycles. The number of halogens is 1. The number of piperazine rings is 1. The summed E-state index contributed by atoms with van der Waals surface area (Å²) in [5.74, 6) is 2.52. The van der Waals surface area contributed by atoms with Crippen molar-refractivity contribution in [2.75, 3.05) is 32.7 Å². The Morgan fingerprint density at radius 2 is 2.05 bits per heavy atom. The normalized spacial score (nSPS) is 15.9. The van der Waals surface area contributed by atoms with Gasteiger partial charge in [0.25, 0.3) is 5.91 Å². The van der Waals surface area contributed by atoms with Crippen molar-refractivity contribution < 1.29 is 9.90 Å². The molecule has 0 bridgehead atoms. The summed E-state index contributed by atoms with van der Waals surface area (Å²) < 4.78 is 0.755. The molecular weight excluding hydrogens is 320 g/mol. The zero-order chi connectivity index (χ0) is 14.5. The van der Waals surface area contributed by atoms with Crippen molar-refractivity contribution in [3.63, 3.8) is 0 Å². The molecular formula is C15H17BrN2O2. The van der Waals surface area contributed by atoms with Gasteiger partial charge in [0.1, 0.15) is 5.75 Å². The number of terminal acetylenes is 1. The van der Waals surface area contributed by atoms with Crippen LogP contribution in [0.5, 0.6) is 5.75 Å². The molecule has 2 rings (SSSR count). The van der Waals surface area contributed by atoms with Gasteiger partial charge in [-0.25, -0.2) is 0 Å². The lowest BCUT2D eigenvalue weighted by Crippen LogP contribution is -2.48. The van der Waals surface area contributed by atoms with E-state index in [1.54, 1.807) is 17.0 Å². The van der Waals surface area contributed by atoms with Crippen molar-refractivity contribution in [3.05, 3.63) is 28.2 Å². The minimum absolute atomic E-state index is 0.0131. The van der Waals surface area contributed by atoms with Crippen LogP contribution >= 0.6 is 15.9 Å². The van der Waals surface area contributed by atoms with Crippen LogP contribution in [0.15, 0.2) is 22.7 Å². The van der Waals surface area contributed by atoms with E-state index in [9.17, 15) is 9.90 Å². The highest BCUT2D eigenvalue weighted by atomic mass is 79.9. The number of amides is 1. The smallest absolute Gasteiger partial charge is 0.257 e. The molecule has 106 valence electrons. The fraction of sp³-hybridized carbons (Fsp3) is 0.400. The number of rotatable bonds is 3. The molecule has 0 radical (unpaired) electrons. The first-order chi connectivity index (χ1) is 9.61. The van der Waals surface area contributed by atoms with E-state index in [0.29, 0.717) is 18.7 Å². The van der Waals surface area contributed by atoms with Crippen molar-refractivity contribution in [1.82, 2.24) is 9.80 Å². The summed E-state index contributed by atoms with van der Waals surface area (Å²) in [5.41, 5.74) is 0.352. The minimum atomic E-state index is -0.119. The third kappa shape index (κ3) is 3.53. The lowest BCUT2D eigenvalue weighted by atomic mass is 10.1. The Morgan fingerprint density at radius 1 is 1.35 bits per heavy atom. The third-order valence-electron chi connectivity index (χ3n) is 3.42. The van der Waals surface area contributed by atoms with Gasteiger partial charge in [-0.1, -0.05) is 15.9 Å². The molecule has 0 aliphatic carbocycles. The summed E-state index contributed by atoms with van der Waals surface area (Å²) in [6.07, 6.45) is 5.99. The zero-order valence-electron chi connectivity index (χ0n) is 11.2. The number of phenols is 1. The van der Waals surface area contributed by atoms with Crippen molar-refractivity contribution in [2.45, 2.75) is 6.42 Å². The van der Waals surface area contributed by atoms with Crippen LogP contribution < -0.4 is 0 Å². The predicted octanol–water partition coefficient (Wildman–Crippen LogP) is 1.94. The molecule has 1 aliphatic heterocycles. The second-order valence-electron chi connectivity index (χ2n) is 4.75. The number of hydrogen-bond donors (Lipinski definition) is 1. The number of carbonyl (C=O) groups excluding carboxylic acids is 1. The van der Waals surface area contributed by atoms with E-state index in [0.717, 1.165) is 30.5 Å². The highest BCUT2D eigenvalue weighted by Gasteiger charge is 2.23. The molecule has 0 atom stereocenters. The number of aromatic hydroxyl groups is 1. The maximum atomic E-state index is 12.4. The number of carbonyl (C=O) groups is 1. The molecule has 1 heterocycles. The fourth-order valence-electron chi connectivity index (χ4n) is 2.25. The van der Waals surface area contributed by atoms with Crippen LogP contribution in [0.2, 0.25) is 0 Å². The molecule has 0 saturated carbocycles. The van der Waals surface area contributed by atoms with Crippen LogP contribution in [0, 0.1) is 12.3 Å². The number of hydrogen-bond acceptors (Lipinski definition) is 3. The van der Waals surface area contributed by atoms with E-state index < -0.39 is 0 Å². The van der Waals surface area contributed by atoms with Crippen molar-refractivity contribution >= 4 is 21.8 Å². The molecule has 0 spiro atoms. The molecule has 1 N–H and O–H groups in total. The van der Waals surface area contributed by atoms with Crippen LogP contribution in [0.1, 0.15) is 16.8 Å². The van der Waals surface area contributed by atoms with Gasteiger partial charge in [-0.3, -0.25) is 9.69 Å². The molecule has 1 saturated heterocycles. The van der Waals surface area contributed by atoms with Crippen LogP contribution in [0.3, 0.4) is 0 Å². The first-order valence-corrected chi connectivity index (χ1v) is 7.34. The maximum absolute atomic E-state index is 12.4. The molecule has 1 aromatic carbocycles. The molecule has 1 amide bonds. The third-order valence-corrected chi connectivity index (χ3v) is 3.92. The SMILES string of the molecule is C#CCCN1CCN(C(=O)c2ccc(Br)cc2O)CC1. The average molecular weight is 337 g/mol. The Kier molecular flexibility index (Phi) is 5.05. The van der Waals surface area contributed by atoms with E-state index in [-0.39, 0.29) is 11.7 Å². The first kappa shape index (κ1) is 14.9. The van der Waals surface area contributed by atoms with Crippen molar-refractivity contribution in [1.29, 1.82) is 0 Å². The lowest BCUT2D eigenvalue weighted by molar-refractivity contribution is 0.0637. The molecule has 1 aromatic rings. The second kappa shape index (κ2) is 6.78. The van der Waals surface area contributed by atoms with Gasteiger partial charge in [-0.2, -0.15) is 0 Å². The summed E-state index contributed by atoms with van der Waals surface area (Å²) >= 11 is 3.27. The molecule has 4 nitrogen and oxygen atoms in total. The number of benzene rings is 1. The standard InChI is InChI=1S/C15H17BrN2O2/c1-2-3-6-17-7-9-18(10-8-17)15(20)13-5-4-12(16)11-14(13)19/h1,4-5,11,19H,3,6-10H2. The highest BCUT2D eigenvalue weighted by molar-refractivity contribution is 9.10. The largest absolute Gasteiger partial charge is 0.507 e. The molecule has 1 aliphatic rings. The summed E-state index contributed by atoms with van der Waals surface area (Å²) in [6, 6.07) is 4.94. The number of nitrogens with zero attached hydrogens (tertiary/aromatic N) is 2. The van der Waals surface area contributed by atoms with Crippen LogP contribution in [-0.4, -0.2) is 53.5 Å². The van der Waals surface area contributed by atoms with Crippen LogP contribution in [-0.2, 0) is 0 Å². The van der Waals surface area contributed by atoms with E-state index in [1.807, 2.05) is 0 Å². The Labute approximate surface area is 127 Å².